The van der Waals surface area contributed by atoms with Crippen LogP contribution in [-0.2, 0) is 0 Å². The summed E-state index contributed by atoms with van der Waals surface area (Å²) >= 11 is 5.92. The first-order chi connectivity index (χ1) is 8.70. The lowest BCUT2D eigenvalue weighted by molar-refractivity contribution is 0.200. The van der Waals surface area contributed by atoms with Crippen LogP contribution in [0.1, 0.15) is 19.3 Å². The molecule has 0 saturated carbocycles. The summed E-state index contributed by atoms with van der Waals surface area (Å²) in [6.45, 7) is 1.63. The number of carbonyl (C=O) groups excluding carboxylic acids is 1. The van der Waals surface area contributed by atoms with Crippen molar-refractivity contribution in [3.63, 3.8) is 0 Å². The van der Waals surface area contributed by atoms with Crippen molar-refractivity contribution >= 4 is 23.3 Å². The Morgan fingerprint density at radius 1 is 1.33 bits per heavy atom. The molecule has 0 spiro atoms. The summed E-state index contributed by atoms with van der Waals surface area (Å²) in [5.74, 6) is 0.616. The second-order valence-corrected chi connectivity index (χ2v) is 4.76. The maximum absolute atomic E-state index is 12.1. The SMILES string of the molecule is COc1ccc(Cl)cc1NC(=O)N1CCCCC1. The number of nitrogens with zero attached hydrogens (tertiary/aromatic N) is 1. The van der Waals surface area contributed by atoms with Gasteiger partial charge in [-0.25, -0.2) is 4.79 Å². The third kappa shape index (κ3) is 3.07. The third-order valence-electron chi connectivity index (χ3n) is 3.05. The number of piperidine rings is 1. The number of likely N-dealkylation sites (tertiary alicyclic amines) is 1. The highest BCUT2D eigenvalue weighted by molar-refractivity contribution is 6.31. The number of benzene rings is 1. The van der Waals surface area contributed by atoms with Crippen LogP contribution in [0.2, 0.25) is 5.02 Å². The topological polar surface area (TPSA) is 41.6 Å². The number of nitrogens with one attached hydrogen (secondary N) is 1. The van der Waals surface area contributed by atoms with E-state index < -0.39 is 0 Å². The van der Waals surface area contributed by atoms with E-state index in [4.69, 9.17) is 16.3 Å². The molecule has 0 radical (unpaired) electrons. The number of anilines is 1. The van der Waals surface area contributed by atoms with Crippen LogP contribution in [0.3, 0.4) is 0 Å². The lowest BCUT2D eigenvalue weighted by atomic mass is 10.1. The summed E-state index contributed by atoms with van der Waals surface area (Å²) < 4.78 is 5.20. The molecule has 1 aliphatic rings. The van der Waals surface area contributed by atoms with Crippen molar-refractivity contribution in [1.29, 1.82) is 0 Å². The van der Waals surface area contributed by atoms with E-state index in [1.807, 2.05) is 4.90 Å². The molecule has 0 aromatic heterocycles. The van der Waals surface area contributed by atoms with Crippen molar-refractivity contribution in [1.82, 2.24) is 4.90 Å². The second-order valence-electron chi connectivity index (χ2n) is 4.32. The minimum atomic E-state index is -0.0877. The predicted molar refractivity (Wildman–Crippen MR) is 72.4 cm³/mol. The zero-order chi connectivity index (χ0) is 13.0. The van der Waals surface area contributed by atoms with E-state index in [0.29, 0.717) is 16.5 Å². The number of hydrogen-bond donors (Lipinski definition) is 1. The first-order valence-electron chi connectivity index (χ1n) is 6.10. The molecule has 5 heteroatoms. The smallest absolute Gasteiger partial charge is 0.321 e. The van der Waals surface area contributed by atoms with Gasteiger partial charge in [0.1, 0.15) is 5.75 Å². The molecule has 1 saturated heterocycles. The first-order valence-corrected chi connectivity index (χ1v) is 6.48. The molecule has 4 nitrogen and oxygen atoms in total. The minimum absolute atomic E-state index is 0.0877. The lowest BCUT2D eigenvalue weighted by Crippen LogP contribution is -2.38. The summed E-state index contributed by atoms with van der Waals surface area (Å²) in [7, 11) is 1.57. The van der Waals surface area contributed by atoms with Gasteiger partial charge in [-0.2, -0.15) is 0 Å². The zero-order valence-electron chi connectivity index (χ0n) is 10.4. The molecule has 0 atom stereocenters. The largest absolute Gasteiger partial charge is 0.495 e. The van der Waals surface area contributed by atoms with Gasteiger partial charge in [0, 0.05) is 18.1 Å². The average Bonchev–Trinajstić information content (AvgIpc) is 2.40. The average molecular weight is 269 g/mol. The number of ether oxygens (including phenoxy) is 1. The van der Waals surface area contributed by atoms with Crippen molar-refractivity contribution in [3.05, 3.63) is 23.2 Å². The number of rotatable bonds is 2. The molecule has 1 N–H and O–H groups in total. The molecule has 2 amide bonds. The number of urea groups is 1. The van der Waals surface area contributed by atoms with E-state index in [0.717, 1.165) is 25.9 Å². The maximum Gasteiger partial charge on any atom is 0.321 e. The van der Waals surface area contributed by atoms with Crippen LogP contribution < -0.4 is 10.1 Å². The second kappa shape index (κ2) is 5.96. The van der Waals surface area contributed by atoms with Gasteiger partial charge in [-0.1, -0.05) is 11.6 Å². The number of hydrogen-bond acceptors (Lipinski definition) is 2. The fourth-order valence-corrected chi connectivity index (χ4v) is 2.24. The van der Waals surface area contributed by atoms with E-state index >= 15 is 0 Å². The number of carbonyl (C=O) groups is 1. The summed E-state index contributed by atoms with van der Waals surface area (Å²) in [6, 6.07) is 5.09. The van der Waals surface area contributed by atoms with Crippen LogP contribution in [0.5, 0.6) is 5.75 Å². The van der Waals surface area contributed by atoms with Gasteiger partial charge >= 0.3 is 6.03 Å². The van der Waals surface area contributed by atoms with Gasteiger partial charge in [-0.05, 0) is 37.5 Å². The Balaban J connectivity index is 2.07. The Morgan fingerprint density at radius 3 is 2.72 bits per heavy atom. The van der Waals surface area contributed by atoms with E-state index in [1.165, 1.54) is 6.42 Å². The number of halogens is 1. The van der Waals surface area contributed by atoms with Crippen LogP contribution in [0.4, 0.5) is 10.5 Å². The normalized spacial score (nSPS) is 15.3. The summed E-state index contributed by atoms with van der Waals surface area (Å²) in [6.07, 6.45) is 3.34. The molecule has 98 valence electrons. The first kappa shape index (κ1) is 13.0. The van der Waals surface area contributed by atoms with Crippen LogP contribution >= 0.6 is 11.6 Å². The standard InChI is InChI=1S/C13H17ClN2O2/c1-18-12-6-5-10(14)9-11(12)15-13(17)16-7-3-2-4-8-16/h5-6,9H,2-4,7-8H2,1H3,(H,15,17). The number of methoxy groups -OCH3 is 1. The van der Waals surface area contributed by atoms with Crippen LogP contribution in [0.15, 0.2) is 18.2 Å². The molecule has 0 unspecified atom stereocenters. The van der Waals surface area contributed by atoms with Gasteiger partial charge in [0.15, 0.2) is 0 Å². The van der Waals surface area contributed by atoms with E-state index in [2.05, 4.69) is 5.32 Å². The van der Waals surface area contributed by atoms with Gasteiger partial charge in [0.25, 0.3) is 0 Å². The van der Waals surface area contributed by atoms with Crippen molar-refractivity contribution in [2.75, 3.05) is 25.5 Å². The fraction of sp³-hybridized carbons (Fsp3) is 0.462. The molecule has 1 heterocycles. The molecule has 18 heavy (non-hydrogen) atoms. The number of amides is 2. The fourth-order valence-electron chi connectivity index (χ4n) is 2.07. The summed E-state index contributed by atoms with van der Waals surface area (Å²) in [5.41, 5.74) is 0.612. The summed E-state index contributed by atoms with van der Waals surface area (Å²) in [4.78, 5) is 13.9. The van der Waals surface area contributed by atoms with E-state index in [1.54, 1.807) is 25.3 Å². The molecular formula is C13H17ClN2O2. The molecule has 1 aromatic rings. The maximum atomic E-state index is 12.1. The predicted octanol–water partition coefficient (Wildman–Crippen LogP) is 3.37. The molecule has 0 bridgehead atoms. The molecular weight excluding hydrogens is 252 g/mol. The van der Waals surface area contributed by atoms with Crippen LogP contribution in [0, 0.1) is 0 Å². The zero-order valence-corrected chi connectivity index (χ0v) is 11.2. The van der Waals surface area contributed by atoms with Gasteiger partial charge in [-0.3, -0.25) is 0 Å². The van der Waals surface area contributed by atoms with E-state index in [9.17, 15) is 4.79 Å². The highest BCUT2D eigenvalue weighted by atomic mass is 35.5. The van der Waals surface area contributed by atoms with E-state index in [-0.39, 0.29) is 6.03 Å². The minimum Gasteiger partial charge on any atom is -0.495 e. The van der Waals surface area contributed by atoms with Crippen molar-refractivity contribution in [2.24, 2.45) is 0 Å². The summed E-state index contributed by atoms with van der Waals surface area (Å²) in [5, 5.41) is 3.42. The quantitative estimate of drug-likeness (QED) is 0.894. The van der Waals surface area contributed by atoms with Gasteiger partial charge in [0.2, 0.25) is 0 Å². The molecule has 1 fully saturated rings. The lowest BCUT2D eigenvalue weighted by Gasteiger charge is -2.27. The van der Waals surface area contributed by atoms with Gasteiger partial charge < -0.3 is 15.0 Å². The van der Waals surface area contributed by atoms with Crippen LogP contribution in [0.25, 0.3) is 0 Å². The highest BCUT2D eigenvalue weighted by Crippen LogP contribution is 2.28. The third-order valence-corrected chi connectivity index (χ3v) is 3.28. The molecule has 1 aliphatic heterocycles. The van der Waals surface area contributed by atoms with Crippen LogP contribution in [-0.4, -0.2) is 31.1 Å². The highest BCUT2D eigenvalue weighted by Gasteiger charge is 2.17. The molecule has 1 aromatic carbocycles. The Labute approximate surface area is 112 Å². The Morgan fingerprint density at radius 2 is 2.06 bits per heavy atom. The van der Waals surface area contributed by atoms with Gasteiger partial charge in [-0.15, -0.1) is 0 Å². The van der Waals surface area contributed by atoms with Crippen molar-refractivity contribution in [3.8, 4) is 5.75 Å². The Hall–Kier alpha value is -1.42. The Kier molecular flexibility index (Phi) is 4.31. The Bertz CT molecular complexity index is 431. The van der Waals surface area contributed by atoms with Gasteiger partial charge in [0.05, 0.1) is 12.8 Å². The molecule has 0 aliphatic carbocycles. The van der Waals surface area contributed by atoms with Crippen molar-refractivity contribution < 1.29 is 9.53 Å². The molecule has 2 rings (SSSR count). The van der Waals surface area contributed by atoms with Crippen molar-refractivity contribution in [2.45, 2.75) is 19.3 Å². The monoisotopic (exact) mass is 268 g/mol.